The van der Waals surface area contributed by atoms with Crippen molar-refractivity contribution in [3.8, 4) is 29.0 Å². The molecule has 1 N–H and O–H groups in total. The van der Waals surface area contributed by atoms with Crippen molar-refractivity contribution in [2.45, 2.75) is 50.1 Å². The summed E-state index contributed by atoms with van der Waals surface area (Å²) in [6, 6.07) is 13.4. The van der Waals surface area contributed by atoms with Crippen LogP contribution >= 0.6 is 0 Å². The molecule has 0 saturated carbocycles. The molecule has 3 atom stereocenters. The van der Waals surface area contributed by atoms with Gasteiger partial charge in [-0.05, 0) is 56.2 Å². The number of carbonyl (C=O) groups is 1. The summed E-state index contributed by atoms with van der Waals surface area (Å²) in [6.45, 7) is 7.57. The summed E-state index contributed by atoms with van der Waals surface area (Å²) in [6.07, 6.45) is 2.10. The number of likely N-dealkylation sites (tertiary alicyclic amines) is 1. The van der Waals surface area contributed by atoms with E-state index in [9.17, 15) is 10.1 Å². The Hall–Kier alpha value is -4.58. The molecule has 4 aliphatic heterocycles. The zero-order chi connectivity index (χ0) is 34.0. The maximum Gasteiger partial charge on any atom is 0.251 e. The summed E-state index contributed by atoms with van der Waals surface area (Å²) < 4.78 is 38.5. The number of carbonyl (C=O) groups excluding carboxylic acids is 1. The van der Waals surface area contributed by atoms with Gasteiger partial charge in [-0.2, -0.15) is 10.2 Å². The molecule has 1 amide bonds. The minimum absolute atomic E-state index is 0.0932. The van der Waals surface area contributed by atoms with Crippen molar-refractivity contribution < 1.29 is 28.1 Å². The average molecular weight is 673 g/mol. The number of hydrogen-bond acceptors (Lipinski definition) is 12. The molecular formula is C35H41FN8O5. The molecule has 6 heterocycles. The number of alkyl halides is 1. The second-order valence-corrected chi connectivity index (χ2v) is 13.1. The quantitative estimate of drug-likeness (QED) is 0.356. The zero-order valence-corrected chi connectivity index (χ0v) is 27.8. The van der Waals surface area contributed by atoms with Crippen LogP contribution in [0.15, 0.2) is 42.6 Å². The molecule has 258 valence electrons. The third-order valence-electron chi connectivity index (χ3n) is 9.74. The van der Waals surface area contributed by atoms with Gasteiger partial charge in [-0.3, -0.25) is 9.69 Å². The van der Waals surface area contributed by atoms with E-state index >= 15 is 4.39 Å². The first-order valence-electron chi connectivity index (χ1n) is 16.8. The fourth-order valence-corrected chi connectivity index (χ4v) is 6.86. The van der Waals surface area contributed by atoms with E-state index in [2.05, 4.69) is 36.1 Å². The van der Waals surface area contributed by atoms with E-state index in [0.717, 1.165) is 51.5 Å². The largest absolute Gasteiger partial charge is 0.486 e. The van der Waals surface area contributed by atoms with Crippen LogP contribution in [0.2, 0.25) is 0 Å². The number of piperidine rings is 1. The number of pyridine rings is 1. The van der Waals surface area contributed by atoms with Crippen molar-refractivity contribution in [2.24, 2.45) is 0 Å². The number of hydrogen-bond donors (Lipinski definition) is 1. The molecule has 13 nitrogen and oxygen atoms in total. The van der Waals surface area contributed by atoms with Gasteiger partial charge in [0.15, 0.2) is 5.67 Å². The SMILES string of the molecule is COc1nc(Nc2nccc(-c3ccc(OC4CCN(C(=O)[C@@H]5CCCO5)CC4(C)F)c(C#N)c3)n2)ccc1N1CCN(C2COC2)CC1. The van der Waals surface area contributed by atoms with E-state index in [1.54, 1.807) is 37.6 Å². The predicted molar refractivity (Wildman–Crippen MR) is 179 cm³/mol. The lowest BCUT2D eigenvalue weighted by molar-refractivity contribution is -0.148. The first-order chi connectivity index (χ1) is 23.8. The smallest absolute Gasteiger partial charge is 0.251 e. The lowest BCUT2D eigenvalue weighted by atomic mass is 9.92. The van der Waals surface area contributed by atoms with Crippen LogP contribution in [0, 0.1) is 11.3 Å². The van der Waals surface area contributed by atoms with Crippen LogP contribution in [0.5, 0.6) is 11.6 Å². The Morgan fingerprint density at radius 1 is 1.10 bits per heavy atom. The standard InChI is InChI=1S/C35H41FN8O5/c1-35(36)22-44(33(45)29-4-3-17-48-29)12-10-30(35)49-28-7-5-23(18-24(28)19-37)26-9-11-38-34(39-26)41-31-8-6-27(32(40-31)46-2)43-15-13-42(14-16-43)25-20-47-21-25/h5-9,11,18,25,29-30H,3-4,10,12-17,20-22H2,1-2H3,(H,38,39,40,41)/t29-,30?,35?/m0/s1. The highest BCUT2D eigenvalue weighted by atomic mass is 19.1. The number of benzene rings is 1. The summed E-state index contributed by atoms with van der Waals surface area (Å²) in [5, 5.41) is 13.2. The number of methoxy groups -OCH3 is 1. The number of anilines is 3. The average Bonchev–Trinajstić information content (AvgIpc) is 3.64. The molecule has 49 heavy (non-hydrogen) atoms. The number of ether oxygens (including phenoxy) is 4. The van der Waals surface area contributed by atoms with Crippen molar-refractivity contribution in [1.29, 1.82) is 5.26 Å². The first-order valence-corrected chi connectivity index (χ1v) is 16.8. The second-order valence-electron chi connectivity index (χ2n) is 13.1. The fourth-order valence-electron chi connectivity index (χ4n) is 6.86. The molecule has 7 rings (SSSR count). The molecule has 1 aromatic carbocycles. The van der Waals surface area contributed by atoms with Gasteiger partial charge in [0, 0.05) is 57.5 Å². The molecule has 4 fully saturated rings. The third kappa shape index (κ3) is 7.10. The molecule has 0 aliphatic carbocycles. The summed E-state index contributed by atoms with van der Waals surface area (Å²) in [5.74, 6) is 1.48. The summed E-state index contributed by atoms with van der Waals surface area (Å²) in [4.78, 5) is 32.8. The highest BCUT2D eigenvalue weighted by Gasteiger charge is 2.45. The molecule has 0 bridgehead atoms. The van der Waals surface area contributed by atoms with Crippen molar-refractivity contribution in [3.05, 3.63) is 48.2 Å². The molecule has 4 saturated heterocycles. The molecule has 0 radical (unpaired) electrons. The summed E-state index contributed by atoms with van der Waals surface area (Å²) in [5.41, 5.74) is 0.630. The molecule has 0 spiro atoms. The van der Waals surface area contributed by atoms with Crippen LogP contribution in [-0.4, -0.2) is 121 Å². The van der Waals surface area contributed by atoms with Crippen LogP contribution in [0.1, 0.15) is 31.7 Å². The van der Waals surface area contributed by atoms with E-state index in [1.807, 2.05) is 12.1 Å². The number of halogens is 1. The van der Waals surface area contributed by atoms with Gasteiger partial charge < -0.3 is 34.1 Å². The van der Waals surface area contributed by atoms with Gasteiger partial charge in [0.1, 0.15) is 35.5 Å². The van der Waals surface area contributed by atoms with Crippen molar-refractivity contribution >= 4 is 23.4 Å². The minimum Gasteiger partial charge on any atom is -0.486 e. The van der Waals surface area contributed by atoms with Gasteiger partial charge in [-0.25, -0.2) is 14.4 Å². The Kier molecular flexibility index (Phi) is 9.48. The highest BCUT2D eigenvalue weighted by molar-refractivity contribution is 5.81. The lowest BCUT2D eigenvalue weighted by Crippen LogP contribution is -2.57. The van der Waals surface area contributed by atoms with Crippen LogP contribution in [0.3, 0.4) is 0 Å². The van der Waals surface area contributed by atoms with Gasteiger partial charge in [0.05, 0.1) is 44.2 Å². The molecule has 2 unspecified atom stereocenters. The molecule has 2 aromatic heterocycles. The second kappa shape index (κ2) is 14.1. The number of nitriles is 1. The van der Waals surface area contributed by atoms with Crippen molar-refractivity contribution in [2.75, 3.05) is 76.4 Å². The first kappa shape index (κ1) is 32.9. The van der Waals surface area contributed by atoms with Crippen LogP contribution in [0.4, 0.5) is 21.8 Å². The molecular weight excluding hydrogens is 631 g/mol. The van der Waals surface area contributed by atoms with E-state index in [0.29, 0.717) is 60.9 Å². The number of rotatable bonds is 9. The number of nitrogens with one attached hydrogen (secondary N) is 1. The van der Waals surface area contributed by atoms with Gasteiger partial charge in [0.25, 0.3) is 5.91 Å². The Morgan fingerprint density at radius 3 is 2.63 bits per heavy atom. The van der Waals surface area contributed by atoms with Gasteiger partial charge in [0.2, 0.25) is 11.8 Å². The Labute approximate surface area is 284 Å². The van der Waals surface area contributed by atoms with Gasteiger partial charge >= 0.3 is 0 Å². The molecule has 3 aromatic rings. The normalized spacial score (nSPS) is 24.6. The lowest BCUT2D eigenvalue weighted by Gasteiger charge is -2.43. The molecule has 4 aliphatic rings. The predicted octanol–water partition coefficient (Wildman–Crippen LogP) is 3.57. The number of piperazine rings is 1. The minimum atomic E-state index is -1.81. The third-order valence-corrected chi connectivity index (χ3v) is 9.74. The maximum absolute atomic E-state index is 15.9. The Morgan fingerprint density at radius 2 is 1.94 bits per heavy atom. The van der Waals surface area contributed by atoms with Crippen molar-refractivity contribution in [3.63, 3.8) is 0 Å². The topological polar surface area (TPSA) is 138 Å². The number of amides is 1. The fraction of sp³-hybridized carbons (Fsp3) is 0.514. The van der Waals surface area contributed by atoms with Gasteiger partial charge in [-0.15, -0.1) is 0 Å². The zero-order valence-electron chi connectivity index (χ0n) is 27.8. The van der Waals surface area contributed by atoms with E-state index in [-0.39, 0.29) is 23.8 Å². The van der Waals surface area contributed by atoms with E-state index < -0.39 is 17.9 Å². The molecule has 14 heteroatoms. The monoisotopic (exact) mass is 672 g/mol. The Bertz CT molecular complexity index is 1700. The summed E-state index contributed by atoms with van der Waals surface area (Å²) >= 11 is 0. The summed E-state index contributed by atoms with van der Waals surface area (Å²) in [7, 11) is 1.61. The Balaban J connectivity index is 1.00. The van der Waals surface area contributed by atoms with Crippen LogP contribution in [0.25, 0.3) is 11.3 Å². The highest BCUT2D eigenvalue weighted by Crippen LogP contribution is 2.34. The van der Waals surface area contributed by atoms with E-state index in [4.69, 9.17) is 18.9 Å². The van der Waals surface area contributed by atoms with Gasteiger partial charge in [-0.1, -0.05) is 0 Å². The number of aromatic nitrogens is 3. The van der Waals surface area contributed by atoms with E-state index in [1.165, 1.54) is 11.8 Å². The van der Waals surface area contributed by atoms with Crippen molar-refractivity contribution in [1.82, 2.24) is 24.8 Å². The van der Waals surface area contributed by atoms with Crippen LogP contribution in [-0.2, 0) is 14.3 Å². The maximum atomic E-state index is 15.9. The number of nitrogens with zero attached hydrogens (tertiary/aromatic N) is 7. The van der Waals surface area contributed by atoms with Crippen LogP contribution < -0.4 is 19.7 Å².